The van der Waals surface area contributed by atoms with Crippen LogP contribution < -0.4 is 4.90 Å². The minimum absolute atomic E-state index is 0.465. The number of nitrogens with zero attached hydrogens (tertiary/aromatic N) is 3. The van der Waals surface area contributed by atoms with Crippen LogP contribution >= 0.6 is 11.6 Å². The molecule has 0 saturated heterocycles. The minimum Gasteiger partial charge on any atom is -0.355 e. The van der Waals surface area contributed by atoms with Crippen LogP contribution in [0.5, 0.6) is 0 Å². The summed E-state index contributed by atoms with van der Waals surface area (Å²) in [6.45, 7) is 6.06. The van der Waals surface area contributed by atoms with Crippen LogP contribution in [-0.4, -0.2) is 18.1 Å². The molecule has 1 rings (SSSR count). The van der Waals surface area contributed by atoms with Gasteiger partial charge in [-0.25, -0.2) is 4.98 Å². The normalized spacial score (nSPS) is 9.88. The van der Waals surface area contributed by atoms with Crippen LogP contribution in [0.1, 0.15) is 32.3 Å². The van der Waals surface area contributed by atoms with Crippen LogP contribution in [0.25, 0.3) is 0 Å². The van der Waals surface area contributed by atoms with Crippen LogP contribution in [-0.2, 0) is 0 Å². The topological polar surface area (TPSA) is 39.9 Å². The second kappa shape index (κ2) is 6.34. The van der Waals surface area contributed by atoms with Crippen molar-refractivity contribution in [1.29, 1.82) is 5.26 Å². The third-order valence-electron chi connectivity index (χ3n) is 2.28. The summed E-state index contributed by atoms with van der Waals surface area (Å²) in [6, 6.07) is 3.72. The lowest BCUT2D eigenvalue weighted by molar-refractivity contribution is 0.734. The molecule has 0 aliphatic carbocycles. The molecular weight excluding hydrogens is 222 g/mol. The van der Waals surface area contributed by atoms with Crippen LogP contribution in [0, 0.1) is 11.3 Å². The summed E-state index contributed by atoms with van der Waals surface area (Å²) in [5, 5.41) is 9.37. The molecule has 1 aromatic rings. The van der Waals surface area contributed by atoms with Crippen LogP contribution in [0.4, 0.5) is 5.82 Å². The molecule has 16 heavy (non-hydrogen) atoms. The predicted octanol–water partition coefficient (Wildman–Crippen LogP) is 3.23. The van der Waals surface area contributed by atoms with Crippen molar-refractivity contribution in [3.05, 3.63) is 22.8 Å². The highest BCUT2D eigenvalue weighted by Crippen LogP contribution is 2.26. The van der Waals surface area contributed by atoms with Gasteiger partial charge in [0.05, 0.1) is 5.56 Å². The van der Waals surface area contributed by atoms with Gasteiger partial charge < -0.3 is 4.90 Å². The first kappa shape index (κ1) is 12.8. The van der Waals surface area contributed by atoms with Crippen molar-refractivity contribution >= 4 is 17.4 Å². The van der Waals surface area contributed by atoms with Crippen molar-refractivity contribution < 1.29 is 0 Å². The van der Waals surface area contributed by atoms with E-state index >= 15 is 0 Å². The summed E-state index contributed by atoms with van der Waals surface area (Å²) in [4.78, 5) is 6.40. The van der Waals surface area contributed by atoms with E-state index in [-0.39, 0.29) is 0 Å². The van der Waals surface area contributed by atoms with Crippen molar-refractivity contribution in [3.8, 4) is 6.07 Å². The second-order valence-electron chi connectivity index (χ2n) is 3.59. The first-order chi connectivity index (χ1) is 7.74. The number of anilines is 1. The summed E-state index contributed by atoms with van der Waals surface area (Å²) in [5.41, 5.74) is 0.490. The molecule has 0 aromatic carbocycles. The van der Waals surface area contributed by atoms with Crippen LogP contribution in [0.15, 0.2) is 12.3 Å². The van der Waals surface area contributed by atoms with Gasteiger partial charge in [0, 0.05) is 19.3 Å². The maximum Gasteiger partial charge on any atom is 0.148 e. The largest absolute Gasteiger partial charge is 0.355 e. The average Bonchev–Trinajstić information content (AvgIpc) is 2.29. The Balaban J connectivity index is 3.04. The molecule has 0 bridgehead atoms. The summed E-state index contributed by atoms with van der Waals surface area (Å²) < 4.78 is 0. The Bertz CT molecular complexity index is 378. The van der Waals surface area contributed by atoms with Crippen LogP contribution in [0.2, 0.25) is 5.02 Å². The molecule has 3 nitrogen and oxygen atoms in total. The Morgan fingerprint density at radius 3 is 2.50 bits per heavy atom. The standard InChI is InChI=1S/C12H16ClN3/c1-3-7-16(8-4-2)12-11(13)10(9-14)5-6-15-12/h5-6H,3-4,7-8H2,1-2H3. The molecule has 0 radical (unpaired) electrons. The molecule has 0 unspecified atom stereocenters. The number of nitriles is 1. The van der Waals surface area contributed by atoms with Gasteiger partial charge in [0.25, 0.3) is 0 Å². The molecule has 86 valence electrons. The fourth-order valence-electron chi connectivity index (χ4n) is 1.60. The van der Waals surface area contributed by atoms with E-state index in [1.165, 1.54) is 0 Å². The summed E-state index contributed by atoms with van der Waals surface area (Å²) in [7, 11) is 0. The Hall–Kier alpha value is -1.27. The number of aromatic nitrogens is 1. The number of hydrogen-bond acceptors (Lipinski definition) is 3. The maximum absolute atomic E-state index is 8.90. The van der Waals surface area contributed by atoms with Gasteiger partial charge in [-0.1, -0.05) is 25.4 Å². The molecule has 0 aliphatic heterocycles. The molecule has 0 amide bonds. The summed E-state index contributed by atoms with van der Waals surface area (Å²) in [5.74, 6) is 0.726. The number of rotatable bonds is 5. The zero-order chi connectivity index (χ0) is 12.0. The van der Waals surface area contributed by atoms with Gasteiger partial charge in [-0.05, 0) is 18.9 Å². The molecule has 0 aliphatic rings. The fourth-order valence-corrected chi connectivity index (χ4v) is 1.88. The molecule has 0 spiro atoms. The van der Waals surface area contributed by atoms with E-state index in [9.17, 15) is 0 Å². The number of pyridine rings is 1. The first-order valence-corrected chi connectivity index (χ1v) is 5.91. The fraction of sp³-hybridized carbons (Fsp3) is 0.500. The Labute approximate surface area is 102 Å². The molecule has 0 N–H and O–H groups in total. The minimum atomic E-state index is 0.465. The van der Waals surface area contributed by atoms with Gasteiger partial charge in [-0.3, -0.25) is 0 Å². The average molecular weight is 238 g/mol. The molecule has 1 heterocycles. The predicted molar refractivity (Wildman–Crippen MR) is 66.8 cm³/mol. The first-order valence-electron chi connectivity index (χ1n) is 5.54. The summed E-state index contributed by atoms with van der Waals surface area (Å²) >= 11 is 6.15. The monoisotopic (exact) mass is 237 g/mol. The van der Waals surface area contributed by atoms with E-state index in [1.54, 1.807) is 12.3 Å². The van der Waals surface area contributed by atoms with Gasteiger partial charge in [0.15, 0.2) is 0 Å². The SMILES string of the molecule is CCCN(CCC)c1nccc(C#N)c1Cl. The van der Waals surface area contributed by atoms with Crippen LogP contribution in [0.3, 0.4) is 0 Å². The van der Waals surface area contributed by atoms with Gasteiger partial charge in [-0.15, -0.1) is 0 Å². The molecule has 0 saturated carbocycles. The van der Waals surface area contributed by atoms with E-state index in [2.05, 4.69) is 29.8 Å². The summed E-state index contributed by atoms with van der Waals surface area (Å²) in [6.07, 6.45) is 3.71. The van der Waals surface area contributed by atoms with Crippen molar-refractivity contribution in [2.45, 2.75) is 26.7 Å². The lowest BCUT2D eigenvalue weighted by atomic mass is 10.2. The molecule has 0 atom stereocenters. The second-order valence-corrected chi connectivity index (χ2v) is 3.97. The highest BCUT2D eigenvalue weighted by Gasteiger charge is 2.13. The van der Waals surface area contributed by atoms with Gasteiger partial charge in [0.1, 0.15) is 16.9 Å². The van der Waals surface area contributed by atoms with E-state index in [0.717, 1.165) is 31.7 Å². The number of hydrogen-bond donors (Lipinski definition) is 0. The van der Waals surface area contributed by atoms with Gasteiger partial charge in [0.2, 0.25) is 0 Å². The third-order valence-corrected chi connectivity index (χ3v) is 2.65. The van der Waals surface area contributed by atoms with Gasteiger partial charge in [-0.2, -0.15) is 5.26 Å². The molecule has 1 aromatic heterocycles. The van der Waals surface area contributed by atoms with E-state index < -0.39 is 0 Å². The lowest BCUT2D eigenvalue weighted by Crippen LogP contribution is -2.26. The lowest BCUT2D eigenvalue weighted by Gasteiger charge is -2.23. The van der Waals surface area contributed by atoms with Crippen molar-refractivity contribution in [1.82, 2.24) is 4.98 Å². The third kappa shape index (κ3) is 2.86. The molecular formula is C12H16ClN3. The maximum atomic E-state index is 8.90. The molecule has 4 heteroatoms. The highest BCUT2D eigenvalue weighted by molar-refractivity contribution is 6.34. The van der Waals surface area contributed by atoms with E-state index in [1.807, 2.05) is 0 Å². The van der Waals surface area contributed by atoms with Crippen molar-refractivity contribution in [2.75, 3.05) is 18.0 Å². The Morgan fingerprint density at radius 2 is 2.00 bits per heavy atom. The number of halogens is 1. The van der Waals surface area contributed by atoms with Crippen molar-refractivity contribution in [2.24, 2.45) is 0 Å². The Kier molecular flexibility index (Phi) is 5.07. The van der Waals surface area contributed by atoms with Gasteiger partial charge >= 0.3 is 0 Å². The molecule has 0 fully saturated rings. The van der Waals surface area contributed by atoms with Crippen molar-refractivity contribution in [3.63, 3.8) is 0 Å². The zero-order valence-electron chi connectivity index (χ0n) is 9.70. The quantitative estimate of drug-likeness (QED) is 0.789. The highest BCUT2D eigenvalue weighted by atomic mass is 35.5. The Morgan fingerprint density at radius 1 is 1.38 bits per heavy atom. The van der Waals surface area contributed by atoms with E-state index in [4.69, 9.17) is 16.9 Å². The smallest absolute Gasteiger partial charge is 0.148 e. The van der Waals surface area contributed by atoms with E-state index in [0.29, 0.717) is 10.6 Å². The zero-order valence-corrected chi connectivity index (χ0v) is 10.5.